The van der Waals surface area contributed by atoms with E-state index in [1.807, 2.05) is 40.9 Å². The number of amides is 2. The molecule has 0 unspecified atom stereocenters. The molecule has 3 rings (SSSR count). The second-order valence-electron chi connectivity index (χ2n) is 7.27. The van der Waals surface area contributed by atoms with E-state index in [0.717, 1.165) is 37.9 Å². The molecule has 24 heavy (non-hydrogen) atoms. The van der Waals surface area contributed by atoms with E-state index >= 15 is 0 Å². The Morgan fingerprint density at radius 2 is 2.00 bits per heavy atom. The quantitative estimate of drug-likeness (QED) is 0.826. The molecular weight excluding hydrogens is 304 g/mol. The Bertz CT molecular complexity index is 604. The molecule has 0 N–H and O–H groups in total. The van der Waals surface area contributed by atoms with E-state index in [9.17, 15) is 9.59 Å². The van der Waals surface area contributed by atoms with Crippen LogP contribution in [-0.4, -0.2) is 71.8 Å². The van der Waals surface area contributed by atoms with Gasteiger partial charge in [0, 0.05) is 38.6 Å². The van der Waals surface area contributed by atoms with Crippen molar-refractivity contribution in [1.82, 2.24) is 19.7 Å². The van der Waals surface area contributed by atoms with E-state index in [0.29, 0.717) is 19.6 Å². The van der Waals surface area contributed by atoms with Crippen LogP contribution in [-0.2, 0) is 16.1 Å². The first-order chi connectivity index (χ1) is 11.5. The molecule has 0 aliphatic carbocycles. The third-order valence-electron chi connectivity index (χ3n) is 5.11. The predicted octanol–water partition coefficient (Wildman–Crippen LogP) is 0.984. The number of hydrogen-bond acceptors (Lipinski definition) is 4. The van der Waals surface area contributed by atoms with E-state index in [2.05, 4.69) is 4.98 Å². The van der Waals surface area contributed by atoms with Crippen molar-refractivity contribution in [2.75, 3.05) is 40.3 Å². The molecule has 0 saturated carbocycles. The summed E-state index contributed by atoms with van der Waals surface area (Å²) < 4.78 is 0. The normalized spacial score (nSPS) is 24.2. The first kappa shape index (κ1) is 16.9. The van der Waals surface area contributed by atoms with Crippen molar-refractivity contribution >= 4 is 11.8 Å². The second-order valence-corrected chi connectivity index (χ2v) is 7.27. The summed E-state index contributed by atoms with van der Waals surface area (Å²) in [5.74, 6) is 0.334. The van der Waals surface area contributed by atoms with Gasteiger partial charge in [-0.1, -0.05) is 0 Å². The van der Waals surface area contributed by atoms with Crippen LogP contribution in [0, 0.1) is 5.41 Å². The van der Waals surface area contributed by atoms with E-state index in [1.54, 1.807) is 12.4 Å². The number of pyridine rings is 1. The number of rotatable bonds is 4. The van der Waals surface area contributed by atoms with Crippen molar-refractivity contribution in [3.8, 4) is 0 Å². The zero-order chi connectivity index (χ0) is 17.2. The third-order valence-corrected chi connectivity index (χ3v) is 5.11. The van der Waals surface area contributed by atoms with Crippen molar-refractivity contribution in [3.05, 3.63) is 30.1 Å². The molecule has 6 heteroatoms. The van der Waals surface area contributed by atoms with Crippen LogP contribution in [0.1, 0.15) is 24.8 Å². The molecular formula is C18H26N4O2. The number of carbonyl (C=O) groups excluding carboxylic acids is 2. The summed E-state index contributed by atoms with van der Waals surface area (Å²) in [6, 6.07) is 3.90. The number of likely N-dealkylation sites (tertiary alicyclic amines) is 2. The van der Waals surface area contributed by atoms with E-state index in [-0.39, 0.29) is 17.2 Å². The lowest BCUT2D eigenvalue weighted by Crippen LogP contribution is -2.51. The van der Waals surface area contributed by atoms with Crippen molar-refractivity contribution < 1.29 is 9.59 Å². The largest absolute Gasteiger partial charge is 0.341 e. The van der Waals surface area contributed by atoms with Gasteiger partial charge in [0.05, 0.1) is 12.0 Å². The van der Waals surface area contributed by atoms with Crippen LogP contribution in [0.2, 0.25) is 0 Å². The summed E-state index contributed by atoms with van der Waals surface area (Å²) >= 11 is 0. The average molecular weight is 330 g/mol. The smallest absolute Gasteiger partial charge is 0.236 e. The van der Waals surface area contributed by atoms with Crippen LogP contribution in [0.4, 0.5) is 0 Å². The fourth-order valence-electron chi connectivity index (χ4n) is 3.85. The molecule has 0 radical (unpaired) electrons. The van der Waals surface area contributed by atoms with E-state index < -0.39 is 0 Å². The molecule has 1 aromatic rings. The summed E-state index contributed by atoms with van der Waals surface area (Å²) in [5.41, 5.74) is 0.736. The molecule has 2 saturated heterocycles. The summed E-state index contributed by atoms with van der Waals surface area (Å²) in [5, 5.41) is 0. The summed E-state index contributed by atoms with van der Waals surface area (Å²) in [4.78, 5) is 35.2. The first-order valence-corrected chi connectivity index (χ1v) is 8.61. The van der Waals surface area contributed by atoms with Crippen molar-refractivity contribution in [1.29, 1.82) is 0 Å². The lowest BCUT2D eigenvalue weighted by atomic mass is 9.78. The van der Waals surface area contributed by atoms with Crippen molar-refractivity contribution in [2.45, 2.75) is 25.8 Å². The maximum absolute atomic E-state index is 13.0. The molecule has 1 spiro atoms. The predicted molar refractivity (Wildman–Crippen MR) is 91.1 cm³/mol. The van der Waals surface area contributed by atoms with Gasteiger partial charge in [-0.2, -0.15) is 0 Å². The first-order valence-electron chi connectivity index (χ1n) is 8.61. The molecule has 130 valence electrons. The van der Waals surface area contributed by atoms with Crippen LogP contribution in [0.25, 0.3) is 0 Å². The molecule has 2 aliphatic rings. The summed E-state index contributed by atoms with van der Waals surface area (Å²) in [6.45, 7) is 3.16. The monoisotopic (exact) mass is 330 g/mol. The highest BCUT2D eigenvalue weighted by molar-refractivity contribution is 5.86. The Morgan fingerprint density at radius 3 is 2.71 bits per heavy atom. The molecule has 1 aromatic heterocycles. The maximum Gasteiger partial charge on any atom is 0.236 e. The Balaban J connectivity index is 1.67. The molecule has 2 fully saturated rings. The Kier molecular flexibility index (Phi) is 4.85. The lowest BCUT2D eigenvalue weighted by Gasteiger charge is -2.39. The minimum Gasteiger partial charge on any atom is -0.341 e. The van der Waals surface area contributed by atoms with Gasteiger partial charge >= 0.3 is 0 Å². The fourth-order valence-corrected chi connectivity index (χ4v) is 3.85. The van der Waals surface area contributed by atoms with Gasteiger partial charge in [0.15, 0.2) is 0 Å². The van der Waals surface area contributed by atoms with Gasteiger partial charge in [-0.3, -0.25) is 14.6 Å². The van der Waals surface area contributed by atoms with Crippen LogP contribution >= 0.6 is 0 Å². The molecule has 6 nitrogen and oxygen atoms in total. The van der Waals surface area contributed by atoms with Crippen LogP contribution < -0.4 is 0 Å². The molecule has 1 atom stereocenters. The fraction of sp³-hybridized carbons (Fsp3) is 0.611. The number of likely N-dealkylation sites (N-methyl/N-ethyl adjacent to an activating group) is 1. The van der Waals surface area contributed by atoms with Gasteiger partial charge in [-0.05, 0) is 51.1 Å². The van der Waals surface area contributed by atoms with Gasteiger partial charge in [-0.15, -0.1) is 0 Å². The third kappa shape index (κ3) is 3.43. The number of piperidine rings is 1. The average Bonchev–Trinajstić information content (AvgIpc) is 2.85. The molecule has 0 bridgehead atoms. The summed E-state index contributed by atoms with van der Waals surface area (Å²) in [6.07, 6.45) is 6.17. The molecule has 2 aliphatic heterocycles. The number of nitrogens with zero attached hydrogens (tertiary/aromatic N) is 4. The van der Waals surface area contributed by atoms with Crippen molar-refractivity contribution in [3.63, 3.8) is 0 Å². The second kappa shape index (κ2) is 6.89. The van der Waals surface area contributed by atoms with Crippen LogP contribution in [0.5, 0.6) is 0 Å². The number of aromatic nitrogens is 1. The molecule has 3 heterocycles. The highest BCUT2D eigenvalue weighted by Gasteiger charge is 2.49. The van der Waals surface area contributed by atoms with E-state index in [1.165, 1.54) is 0 Å². The van der Waals surface area contributed by atoms with E-state index in [4.69, 9.17) is 0 Å². The van der Waals surface area contributed by atoms with Gasteiger partial charge < -0.3 is 14.7 Å². The molecule has 0 aromatic carbocycles. The zero-order valence-electron chi connectivity index (χ0n) is 14.6. The van der Waals surface area contributed by atoms with Gasteiger partial charge in [-0.25, -0.2) is 0 Å². The highest BCUT2D eigenvalue weighted by Crippen LogP contribution is 2.40. The van der Waals surface area contributed by atoms with Gasteiger partial charge in [0.25, 0.3) is 0 Å². The number of carbonyl (C=O) groups is 2. The highest BCUT2D eigenvalue weighted by atomic mass is 16.2. The Hall–Kier alpha value is -1.95. The van der Waals surface area contributed by atoms with Crippen LogP contribution in [0.15, 0.2) is 24.5 Å². The standard InChI is InChI=1S/C18H26N4O2/c1-20(2)13-16(23)22-10-3-6-18(14-22)7-11-21(17(18)24)12-15-4-8-19-9-5-15/h4-5,8-9H,3,6-7,10-14H2,1-2H3/t18-/m0/s1. The summed E-state index contributed by atoms with van der Waals surface area (Å²) in [7, 11) is 3.80. The zero-order valence-corrected chi connectivity index (χ0v) is 14.6. The topological polar surface area (TPSA) is 56.8 Å². The Morgan fingerprint density at radius 1 is 1.25 bits per heavy atom. The Labute approximate surface area is 143 Å². The van der Waals surface area contributed by atoms with Crippen molar-refractivity contribution in [2.24, 2.45) is 5.41 Å². The van der Waals surface area contributed by atoms with Gasteiger partial charge in [0.1, 0.15) is 0 Å². The van der Waals surface area contributed by atoms with Crippen LogP contribution in [0.3, 0.4) is 0 Å². The lowest BCUT2D eigenvalue weighted by molar-refractivity contribution is -0.144. The van der Waals surface area contributed by atoms with Gasteiger partial charge in [0.2, 0.25) is 11.8 Å². The minimum absolute atomic E-state index is 0.124. The SMILES string of the molecule is CN(C)CC(=O)N1CCC[C@]2(CCN(Cc3ccncc3)C2=O)C1. The molecule has 2 amide bonds. The minimum atomic E-state index is -0.368. The number of hydrogen-bond donors (Lipinski definition) is 0. The maximum atomic E-state index is 13.0.